The van der Waals surface area contributed by atoms with Gasteiger partial charge in [-0.15, -0.1) is 0 Å². The van der Waals surface area contributed by atoms with Gasteiger partial charge in [0.15, 0.2) is 5.78 Å². The van der Waals surface area contributed by atoms with Gasteiger partial charge in [0.05, 0.1) is 0 Å². The van der Waals surface area contributed by atoms with Crippen LogP contribution in [0.2, 0.25) is 0 Å². The average molecular weight is 269 g/mol. The van der Waals surface area contributed by atoms with E-state index in [1.807, 2.05) is 36.4 Å². The van der Waals surface area contributed by atoms with E-state index in [0.717, 1.165) is 25.1 Å². The van der Waals surface area contributed by atoms with Crippen molar-refractivity contribution in [3.63, 3.8) is 0 Å². The fourth-order valence-corrected chi connectivity index (χ4v) is 2.42. The molecule has 1 aromatic carbocycles. The molecule has 0 bridgehead atoms. The third-order valence-corrected chi connectivity index (χ3v) is 3.65. The van der Waals surface area contributed by atoms with E-state index in [4.69, 9.17) is 0 Å². The van der Waals surface area contributed by atoms with Gasteiger partial charge in [-0.3, -0.25) is 4.79 Å². The summed E-state index contributed by atoms with van der Waals surface area (Å²) in [5.41, 5.74) is 1.97. The standard InChI is InChI=1S/C18H23NO/c1-2-16(15-19-13-7-4-8-14-19)11-12-18(20)17-9-5-3-6-10-17/h3,5-6,9-12,15H,2,4,7-8,13-14H2,1H3/b12-11-,16-15-. The number of allylic oxidation sites excluding steroid dienone is 3. The maximum Gasteiger partial charge on any atom is 0.185 e. The molecule has 1 aliphatic heterocycles. The van der Waals surface area contributed by atoms with Gasteiger partial charge in [0.2, 0.25) is 0 Å². The Morgan fingerprint density at radius 1 is 1.10 bits per heavy atom. The van der Waals surface area contributed by atoms with E-state index in [2.05, 4.69) is 18.0 Å². The predicted octanol–water partition coefficient (Wildman–Crippen LogP) is 4.21. The predicted molar refractivity (Wildman–Crippen MR) is 83.7 cm³/mol. The van der Waals surface area contributed by atoms with Gasteiger partial charge in [-0.1, -0.05) is 43.3 Å². The molecule has 1 saturated heterocycles. The van der Waals surface area contributed by atoms with Gasteiger partial charge in [-0.05, 0) is 37.3 Å². The number of hydrogen-bond donors (Lipinski definition) is 0. The molecule has 1 aromatic rings. The molecule has 0 aromatic heterocycles. The molecule has 0 unspecified atom stereocenters. The lowest BCUT2D eigenvalue weighted by Crippen LogP contribution is -2.24. The summed E-state index contributed by atoms with van der Waals surface area (Å²) in [6.45, 7) is 4.42. The van der Waals surface area contributed by atoms with E-state index in [1.54, 1.807) is 6.08 Å². The topological polar surface area (TPSA) is 20.3 Å². The second-order valence-corrected chi connectivity index (χ2v) is 5.22. The van der Waals surface area contributed by atoms with Crippen LogP contribution in [-0.2, 0) is 0 Å². The number of piperidine rings is 1. The lowest BCUT2D eigenvalue weighted by Gasteiger charge is -2.25. The second-order valence-electron chi connectivity index (χ2n) is 5.22. The molecular weight excluding hydrogens is 246 g/mol. The van der Waals surface area contributed by atoms with E-state index in [1.165, 1.54) is 24.8 Å². The van der Waals surface area contributed by atoms with Crippen LogP contribution in [0.1, 0.15) is 43.0 Å². The Morgan fingerprint density at radius 3 is 2.45 bits per heavy atom. The third kappa shape index (κ3) is 4.37. The summed E-state index contributed by atoms with van der Waals surface area (Å²) < 4.78 is 0. The highest BCUT2D eigenvalue weighted by molar-refractivity contribution is 6.04. The number of rotatable bonds is 5. The van der Waals surface area contributed by atoms with E-state index >= 15 is 0 Å². The van der Waals surface area contributed by atoms with Crippen molar-refractivity contribution in [2.75, 3.05) is 13.1 Å². The maximum absolute atomic E-state index is 12.0. The molecule has 0 N–H and O–H groups in total. The van der Waals surface area contributed by atoms with Crippen molar-refractivity contribution < 1.29 is 4.79 Å². The molecule has 2 nitrogen and oxygen atoms in total. The van der Waals surface area contributed by atoms with Crippen LogP contribution in [0.3, 0.4) is 0 Å². The number of carbonyl (C=O) groups excluding carboxylic acids is 1. The number of hydrogen-bond acceptors (Lipinski definition) is 2. The Morgan fingerprint density at radius 2 is 1.80 bits per heavy atom. The molecule has 2 heteroatoms. The molecule has 0 saturated carbocycles. The molecule has 0 amide bonds. The van der Waals surface area contributed by atoms with Crippen molar-refractivity contribution in [2.24, 2.45) is 0 Å². The van der Waals surface area contributed by atoms with E-state index in [9.17, 15) is 4.79 Å². The molecule has 0 aliphatic carbocycles. The van der Waals surface area contributed by atoms with Crippen molar-refractivity contribution in [3.8, 4) is 0 Å². The zero-order chi connectivity index (χ0) is 14.2. The number of carbonyl (C=O) groups is 1. The molecule has 1 heterocycles. The quantitative estimate of drug-likeness (QED) is 0.453. The van der Waals surface area contributed by atoms with Crippen LogP contribution < -0.4 is 0 Å². The fraction of sp³-hybridized carbons (Fsp3) is 0.389. The van der Waals surface area contributed by atoms with Crippen molar-refractivity contribution in [3.05, 3.63) is 59.8 Å². The summed E-state index contributed by atoms with van der Waals surface area (Å²) in [4.78, 5) is 14.4. The minimum absolute atomic E-state index is 0.0728. The first-order valence-corrected chi connectivity index (χ1v) is 7.52. The monoisotopic (exact) mass is 269 g/mol. The Labute approximate surface area is 121 Å². The summed E-state index contributed by atoms with van der Waals surface area (Å²) in [5, 5.41) is 0. The highest BCUT2D eigenvalue weighted by Gasteiger charge is 2.06. The zero-order valence-corrected chi connectivity index (χ0v) is 12.2. The van der Waals surface area contributed by atoms with Crippen LogP contribution in [0, 0.1) is 0 Å². The minimum Gasteiger partial charge on any atom is -0.377 e. The van der Waals surface area contributed by atoms with Gasteiger partial charge >= 0.3 is 0 Å². The highest BCUT2D eigenvalue weighted by atomic mass is 16.1. The van der Waals surface area contributed by atoms with E-state index in [0.29, 0.717) is 0 Å². The Balaban J connectivity index is 2.00. The van der Waals surface area contributed by atoms with Crippen molar-refractivity contribution in [1.29, 1.82) is 0 Å². The number of benzene rings is 1. The smallest absolute Gasteiger partial charge is 0.185 e. The first-order valence-electron chi connectivity index (χ1n) is 7.52. The average Bonchev–Trinajstić information content (AvgIpc) is 2.53. The van der Waals surface area contributed by atoms with Crippen LogP contribution >= 0.6 is 0 Å². The Hall–Kier alpha value is -1.83. The molecule has 1 aliphatic rings. The van der Waals surface area contributed by atoms with Crippen molar-refractivity contribution in [1.82, 2.24) is 4.90 Å². The van der Waals surface area contributed by atoms with Crippen LogP contribution in [0.25, 0.3) is 0 Å². The van der Waals surface area contributed by atoms with Crippen LogP contribution in [0.15, 0.2) is 54.3 Å². The summed E-state index contributed by atoms with van der Waals surface area (Å²) in [5.74, 6) is 0.0728. The molecular formula is C18H23NO. The molecule has 0 spiro atoms. The van der Waals surface area contributed by atoms with E-state index < -0.39 is 0 Å². The van der Waals surface area contributed by atoms with Crippen molar-refractivity contribution in [2.45, 2.75) is 32.6 Å². The second kappa shape index (κ2) is 7.68. The molecule has 1 fully saturated rings. The minimum atomic E-state index is 0.0728. The number of likely N-dealkylation sites (tertiary alicyclic amines) is 1. The van der Waals surface area contributed by atoms with Crippen LogP contribution in [0.5, 0.6) is 0 Å². The third-order valence-electron chi connectivity index (χ3n) is 3.65. The normalized spacial score (nSPS) is 16.6. The van der Waals surface area contributed by atoms with E-state index in [-0.39, 0.29) is 5.78 Å². The SMILES string of the molecule is CCC(/C=C\C(=O)c1ccccc1)=C/N1CCCCC1. The first kappa shape index (κ1) is 14.6. The largest absolute Gasteiger partial charge is 0.377 e. The van der Waals surface area contributed by atoms with Gasteiger partial charge in [-0.25, -0.2) is 0 Å². The van der Waals surface area contributed by atoms with Crippen molar-refractivity contribution >= 4 is 5.78 Å². The molecule has 20 heavy (non-hydrogen) atoms. The fourth-order valence-electron chi connectivity index (χ4n) is 2.42. The molecule has 0 atom stereocenters. The first-order chi connectivity index (χ1) is 9.79. The number of ketones is 1. The summed E-state index contributed by atoms with van der Waals surface area (Å²) in [6.07, 6.45) is 10.7. The zero-order valence-electron chi connectivity index (χ0n) is 12.2. The summed E-state index contributed by atoms with van der Waals surface area (Å²) in [7, 11) is 0. The number of nitrogens with zero attached hydrogens (tertiary/aromatic N) is 1. The van der Waals surface area contributed by atoms with Gasteiger partial charge in [0, 0.05) is 24.9 Å². The lowest BCUT2D eigenvalue weighted by molar-refractivity contribution is 0.104. The highest BCUT2D eigenvalue weighted by Crippen LogP contribution is 2.13. The Bertz CT molecular complexity index is 481. The molecule has 2 rings (SSSR count). The van der Waals surface area contributed by atoms with Crippen LogP contribution in [-0.4, -0.2) is 23.8 Å². The van der Waals surface area contributed by atoms with Crippen LogP contribution in [0.4, 0.5) is 0 Å². The lowest BCUT2D eigenvalue weighted by atomic mass is 10.1. The Kier molecular flexibility index (Phi) is 5.60. The molecule has 106 valence electrons. The van der Waals surface area contributed by atoms with Gasteiger partial charge < -0.3 is 4.90 Å². The van der Waals surface area contributed by atoms with Gasteiger partial charge in [-0.2, -0.15) is 0 Å². The summed E-state index contributed by atoms with van der Waals surface area (Å²) >= 11 is 0. The summed E-state index contributed by atoms with van der Waals surface area (Å²) in [6, 6.07) is 9.42. The van der Waals surface area contributed by atoms with Gasteiger partial charge in [0.25, 0.3) is 0 Å². The van der Waals surface area contributed by atoms with Gasteiger partial charge in [0.1, 0.15) is 0 Å². The maximum atomic E-state index is 12.0. The molecule has 0 radical (unpaired) electrons.